The van der Waals surface area contributed by atoms with Gasteiger partial charge in [-0.05, 0) is 54.9 Å². The summed E-state index contributed by atoms with van der Waals surface area (Å²) in [5.41, 5.74) is 0.885. The van der Waals surface area contributed by atoms with E-state index in [1.54, 1.807) is 7.11 Å². The van der Waals surface area contributed by atoms with Crippen molar-refractivity contribution in [1.29, 1.82) is 0 Å². The van der Waals surface area contributed by atoms with Gasteiger partial charge in [-0.1, -0.05) is 30.3 Å². The predicted molar refractivity (Wildman–Crippen MR) is 131 cm³/mol. The summed E-state index contributed by atoms with van der Waals surface area (Å²) in [5, 5.41) is 4.73. The van der Waals surface area contributed by atoms with E-state index in [2.05, 4.69) is 11.4 Å². The van der Waals surface area contributed by atoms with Gasteiger partial charge in [0, 0.05) is 0 Å². The number of ketones is 1. The molecule has 0 radical (unpaired) electrons. The fraction of sp³-hybridized carbons (Fsp3) is 0.360. The monoisotopic (exact) mass is 484 g/mol. The Morgan fingerprint density at radius 3 is 2.76 bits per heavy atom. The number of amides is 1. The zero-order valence-electron chi connectivity index (χ0n) is 18.3. The van der Waals surface area contributed by atoms with Gasteiger partial charge in [0.05, 0.1) is 30.0 Å². The van der Waals surface area contributed by atoms with Crippen LogP contribution in [0, 0.1) is 0 Å². The second-order valence-electron chi connectivity index (χ2n) is 8.35. The van der Waals surface area contributed by atoms with Gasteiger partial charge in [0.2, 0.25) is 5.91 Å². The number of furan rings is 1. The second kappa shape index (κ2) is 9.05. The number of alkyl halides is 1. The summed E-state index contributed by atoms with van der Waals surface area (Å²) >= 11 is 7.26. The van der Waals surface area contributed by atoms with E-state index in [1.165, 1.54) is 11.8 Å². The molecule has 2 aliphatic rings. The summed E-state index contributed by atoms with van der Waals surface area (Å²) in [7, 11) is 1.65. The minimum atomic E-state index is -0.742. The Morgan fingerprint density at radius 1 is 1.21 bits per heavy atom. The number of hydrogen-bond donors (Lipinski definition) is 1. The van der Waals surface area contributed by atoms with Gasteiger partial charge in [0.25, 0.3) is 0 Å². The Kier molecular flexibility index (Phi) is 6.12. The molecule has 2 fully saturated rings. The van der Waals surface area contributed by atoms with Crippen LogP contribution in [0.3, 0.4) is 0 Å². The molecule has 0 bridgehead atoms. The fourth-order valence-electron chi connectivity index (χ4n) is 4.81. The average Bonchev–Trinajstić information content (AvgIpc) is 3.42. The van der Waals surface area contributed by atoms with Crippen LogP contribution in [0.15, 0.2) is 52.9 Å². The van der Waals surface area contributed by atoms with Gasteiger partial charge in [-0.2, -0.15) is 0 Å². The third-order valence-electron chi connectivity index (χ3n) is 6.46. The molecule has 3 aromatic rings. The molecule has 2 aromatic carbocycles. The normalized spacial score (nSPS) is 20.0. The van der Waals surface area contributed by atoms with E-state index in [0.29, 0.717) is 18.1 Å². The lowest BCUT2D eigenvalue weighted by Crippen LogP contribution is -2.50. The van der Waals surface area contributed by atoms with Crippen LogP contribution in [0.2, 0.25) is 0 Å². The number of nitrogens with one attached hydrogen (secondary N) is 1. The van der Waals surface area contributed by atoms with E-state index < -0.39 is 10.1 Å². The molecule has 0 saturated carbocycles. The van der Waals surface area contributed by atoms with E-state index >= 15 is 0 Å². The van der Waals surface area contributed by atoms with Crippen LogP contribution >= 0.6 is 23.4 Å². The number of piperidine rings is 1. The molecule has 1 aromatic heterocycles. The molecule has 2 saturated heterocycles. The van der Waals surface area contributed by atoms with Crippen LogP contribution in [-0.2, 0) is 16.1 Å². The third-order valence-corrected chi connectivity index (χ3v) is 8.49. The topological polar surface area (TPSA) is 71.8 Å². The molecule has 1 N–H and O–H groups in total. The summed E-state index contributed by atoms with van der Waals surface area (Å²) in [6.07, 6.45) is 1.56. The molecule has 8 heteroatoms. The van der Waals surface area contributed by atoms with Crippen molar-refractivity contribution in [2.75, 3.05) is 26.1 Å². The molecule has 1 atom stereocenters. The molecule has 5 rings (SSSR count). The number of Topliss-reactive ketones (excluding diaryl/α,β-unsaturated/α-hetero) is 1. The predicted octanol–water partition coefficient (Wildman–Crippen LogP) is 4.44. The van der Waals surface area contributed by atoms with Gasteiger partial charge in [0.15, 0.2) is 5.78 Å². The van der Waals surface area contributed by atoms with Crippen molar-refractivity contribution in [1.82, 2.24) is 10.2 Å². The first-order valence-corrected chi connectivity index (χ1v) is 12.4. The molecule has 6 nitrogen and oxygen atoms in total. The number of halogens is 1. The number of nitrogens with zero attached hydrogens (tertiary/aromatic N) is 1. The highest BCUT2D eigenvalue weighted by atomic mass is 35.5. The Labute approximate surface area is 201 Å². The number of fused-ring (bicyclic) bond motifs is 1. The second-order valence-corrected chi connectivity index (χ2v) is 10.1. The van der Waals surface area contributed by atoms with Gasteiger partial charge in [-0.15, -0.1) is 23.4 Å². The maximum Gasteiger partial charge on any atom is 0.244 e. The standard InChI is InChI=1S/C25H25ClN2O4S/c1-31-20-8-6-16-4-2-3-5-18(16)22(20)21-9-7-17(32-21)15-28-24(30)23(19(29)14-26)33-25(28)10-12-27-13-11-25/h2-9,23,27H,10-15H2,1H3. The average molecular weight is 485 g/mol. The smallest absolute Gasteiger partial charge is 0.244 e. The minimum absolute atomic E-state index is 0.155. The van der Waals surface area contributed by atoms with Crippen LogP contribution in [0.1, 0.15) is 18.6 Å². The van der Waals surface area contributed by atoms with Crippen molar-refractivity contribution < 1.29 is 18.7 Å². The summed E-state index contributed by atoms with van der Waals surface area (Å²) in [6.45, 7) is 1.91. The van der Waals surface area contributed by atoms with E-state index in [-0.39, 0.29) is 17.6 Å². The molecule has 1 unspecified atom stereocenters. The Morgan fingerprint density at radius 2 is 2.00 bits per heavy atom. The number of ether oxygens (including phenoxy) is 1. The van der Waals surface area contributed by atoms with Crippen LogP contribution in [0.25, 0.3) is 22.1 Å². The molecule has 33 heavy (non-hydrogen) atoms. The maximum absolute atomic E-state index is 13.3. The Balaban J connectivity index is 1.49. The van der Waals surface area contributed by atoms with Gasteiger partial charge in [-0.25, -0.2) is 0 Å². The van der Waals surface area contributed by atoms with Crippen LogP contribution in [0.4, 0.5) is 0 Å². The summed E-state index contributed by atoms with van der Waals surface area (Å²) < 4.78 is 11.9. The Bertz CT molecular complexity index is 1200. The van der Waals surface area contributed by atoms with Crippen molar-refractivity contribution in [3.63, 3.8) is 0 Å². The van der Waals surface area contributed by atoms with Crippen molar-refractivity contribution in [2.24, 2.45) is 0 Å². The molecule has 1 amide bonds. The molecule has 3 heterocycles. The number of carbonyl (C=O) groups is 2. The van der Waals surface area contributed by atoms with E-state index in [4.69, 9.17) is 20.8 Å². The maximum atomic E-state index is 13.3. The first-order chi connectivity index (χ1) is 16.1. The molecular weight excluding hydrogens is 460 g/mol. The largest absolute Gasteiger partial charge is 0.496 e. The molecule has 172 valence electrons. The summed E-state index contributed by atoms with van der Waals surface area (Å²) in [4.78, 5) is 27.1. The molecule has 1 spiro atoms. The summed E-state index contributed by atoms with van der Waals surface area (Å²) in [6, 6.07) is 15.9. The van der Waals surface area contributed by atoms with Gasteiger partial charge >= 0.3 is 0 Å². The van der Waals surface area contributed by atoms with Crippen molar-refractivity contribution >= 4 is 45.8 Å². The first kappa shape index (κ1) is 22.3. The lowest BCUT2D eigenvalue weighted by atomic mass is 10.0. The van der Waals surface area contributed by atoms with E-state index in [9.17, 15) is 9.59 Å². The van der Waals surface area contributed by atoms with Crippen LogP contribution in [0.5, 0.6) is 5.75 Å². The number of rotatable bonds is 6. The minimum Gasteiger partial charge on any atom is -0.496 e. The van der Waals surface area contributed by atoms with Gasteiger partial charge in [0.1, 0.15) is 22.5 Å². The fourth-order valence-corrected chi connectivity index (χ4v) is 6.65. The molecule has 0 aliphatic carbocycles. The number of hydrogen-bond acceptors (Lipinski definition) is 6. The third kappa shape index (κ3) is 3.92. The highest BCUT2D eigenvalue weighted by molar-refractivity contribution is 8.03. The zero-order chi connectivity index (χ0) is 23.0. The van der Waals surface area contributed by atoms with E-state index in [0.717, 1.165) is 48.0 Å². The van der Waals surface area contributed by atoms with Gasteiger partial charge < -0.3 is 19.4 Å². The SMILES string of the molecule is COc1ccc2ccccc2c1-c1ccc(CN2C(=O)C(C(=O)CCl)SC23CCNCC3)o1. The zero-order valence-corrected chi connectivity index (χ0v) is 19.9. The quantitative estimate of drug-likeness (QED) is 0.412. The number of carbonyl (C=O) groups excluding carboxylic acids is 2. The number of thioether (sulfide) groups is 1. The van der Waals surface area contributed by atoms with Crippen molar-refractivity contribution in [3.05, 3.63) is 54.3 Å². The molecular formula is C25H25ClN2O4S. The lowest BCUT2D eigenvalue weighted by molar-refractivity contribution is -0.136. The highest BCUT2D eigenvalue weighted by Gasteiger charge is 2.54. The van der Waals surface area contributed by atoms with Gasteiger partial charge in [-0.3, -0.25) is 9.59 Å². The first-order valence-electron chi connectivity index (χ1n) is 11.0. The van der Waals surface area contributed by atoms with Crippen molar-refractivity contribution in [2.45, 2.75) is 29.5 Å². The lowest BCUT2D eigenvalue weighted by Gasteiger charge is -2.40. The van der Waals surface area contributed by atoms with Crippen LogP contribution < -0.4 is 10.1 Å². The summed E-state index contributed by atoms with van der Waals surface area (Å²) in [5.74, 6) is 1.53. The van der Waals surface area contributed by atoms with Crippen LogP contribution in [-0.4, -0.2) is 52.8 Å². The number of benzene rings is 2. The van der Waals surface area contributed by atoms with Crippen molar-refractivity contribution in [3.8, 4) is 17.1 Å². The van der Waals surface area contributed by atoms with E-state index in [1.807, 2.05) is 47.4 Å². The Hall–Kier alpha value is -2.48. The molecule has 2 aliphatic heterocycles. The number of methoxy groups -OCH3 is 1. The highest BCUT2D eigenvalue weighted by Crippen LogP contribution is 2.48.